The van der Waals surface area contributed by atoms with Crippen LogP contribution in [-0.2, 0) is 9.53 Å². The first-order valence-electron chi connectivity index (χ1n) is 8.54. The number of pyridine rings is 1. The van der Waals surface area contributed by atoms with Crippen LogP contribution in [0.15, 0.2) is 24.4 Å². The molecular formula is C19H20Cl2N2O5. The Labute approximate surface area is 172 Å². The molecule has 1 heterocycles. The first-order chi connectivity index (χ1) is 13.4. The molecule has 9 heteroatoms. The van der Waals surface area contributed by atoms with Gasteiger partial charge >= 0.3 is 5.97 Å². The van der Waals surface area contributed by atoms with Crippen LogP contribution in [0.4, 0.5) is 5.82 Å². The molecule has 0 fully saturated rings. The molecule has 0 atom stereocenters. The monoisotopic (exact) mass is 426 g/mol. The van der Waals surface area contributed by atoms with Gasteiger partial charge in [-0.1, -0.05) is 23.2 Å². The molecule has 7 nitrogen and oxygen atoms in total. The number of anilines is 1. The fourth-order valence-electron chi connectivity index (χ4n) is 2.20. The summed E-state index contributed by atoms with van der Waals surface area (Å²) in [7, 11) is 0. The SMILES string of the molecule is CCOc1ccc(C(=O)OCC(=O)Nc2ncc(Cl)c(C)c2Cl)cc1OCC. The molecule has 1 aromatic heterocycles. The molecule has 0 spiro atoms. The van der Waals surface area contributed by atoms with Crippen molar-refractivity contribution in [1.29, 1.82) is 0 Å². The molecule has 150 valence electrons. The van der Waals surface area contributed by atoms with E-state index in [0.717, 1.165) is 0 Å². The molecule has 0 bridgehead atoms. The van der Waals surface area contributed by atoms with E-state index in [1.54, 1.807) is 13.0 Å². The van der Waals surface area contributed by atoms with Crippen molar-refractivity contribution in [3.8, 4) is 11.5 Å². The zero-order valence-corrected chi connectivity index (χ0v) is 17.2. The Morgan fingerprint density at radius 3 is 2.46 bits per heavy atom. The Bertz CT molecular complexity index is 874. The number of nitrogens with zero attached hydrogens (tertiary/aromatic N) is 1. The molecule has 2 aromatic rings. The van der Waals surface area contributed by atoms with Crippen LogP contribution in [0.2, 0.25) is 10.0 Å². The molecule has 0 aliphatic rings. The molecule has 0 saturated heterocycles. The van der Waals surface area contributed by atoms with E-state index in [9.17, 15) is 9.59 Å². The summed E-state index contributed by atoms with van der Waals surface area (Å²) in [5, 5.41) is 3.09. The first kappa shape index (κ1) is 21.8. The minimum atomic E-state index is -0.675. The number of ether oxygens (including phenoxy) is 3. The van der Waals surface area contributed by atoms with Crippen molar-refractivity contribution >= 4 is 40.9 Å². The van der Waals surface area contributed by atoms with Crippen molar-refractivity contribution in [3.63, 3.8) is 0 Å². The van der Waals surface area contributed by atoms with Gasteiger partial charge in [0.2, 0.25) is 0 Å². The number of hydrogen-bond donors (Lipinski definition) is 1. The van der Waals surface area contributed by atoms with E-state index >= 15 is 0 Å². The molecule has 0 radical (unpaired) electrons. The maximum Gasteiger partial charge on any atom is 0.338 e. The smallest absolute Gasteiger partial charge is 0.338 e. The highest BCUT2D eigenvalue weighted by Crippen LogP contribution is 2.29. The fraction of sp³-hybridized carbons (Fsp3) is 0.316. The van der Waals surface area contributed by atoms with E-state index in [-0.39, 0.29) is 16.4 Å². The van der Waals surface area contributed by atoms with Gasteiger partial charge in [0.15, 0.2) is 23.9 Å². The summed E-state index contributed by atoms with van der Waals surface area (Å²) in [6.07, 6.45) is 1.37. The second-order valence-electron chi connectivity index (χ2n) is 5.55. The zero-order valence-electron chi connectivity index (χ0n) is 15.7. The van der Waals surface area contributed by atoms with E-state index in [4.69, 9.17) is 37.4 Å². The molecule has 1 N–H and O–H groups in total. The zero-order chi connectivity index (χ0) is 20.7. The maximum absolute atomic E-state index is 12.2. The molecule has 1 aromatic carbocycles. The standard InChI is InChI=1S/C19H20Cl2N2O5/c1-4-26-14-7-6-12(8-15(14)27-5-2)19(25)28-10-16(24)23-18-17(21)11(3)13(20)9-22-18/h6-9H,4-5,10H2,1-3H3,(H,22,23,24). The lowest BCUT2D eigenvalue weighted by Gasteiger charge is -2.12. The van der Waals surface area contributed by atoms with Crippen LogP contribution in [0, 0.1) is 6.92 Å². The molecule has 2 rings (SSSR count). The number of rotatable bonds is 8. The second-order valence-corrected chi connectivity index (χ2v) is 6.33. The second kappa shape index (κ2) is 10.1. The Kier molecular flexibility index (Phi) is 7.90. The Morgan fingerprint density at radius 1 is 1.11 bits per heavy atom. The summed E-state index contributed by atoms with van der Waals surface area (Å²) in [4.78, 5) is 28.2. The minimum Gasteiger partial charge on any atom is -0.490 e. The molecule has 0 saturated carbocycles. The molecule has 1 amide bonds. The largest absolute Gasteiger partial charge is 0.490 e. The third-order valence-corrected chi connectivity index (χ3v) is 4.42. The molecule has 0 aliphatic carbocycles. The van der Waals surface area contributed by atoms with E-state index in [0.29, 0.717) is 35.3 Å². The number of carbonyl (C=O) groups excluding carboxylic acids is 2. The topological polar surface area (TPSA) is 86.8 Å². The number of halogens is 2. The Morgan fingerprint density at radius 2 is 1.79 bits per heavy atom. The third-order valence-electron chi connectivity index (χ3n) is 3.57. The lowest BCUT2D eigenvalue weighted by atomic mass is 10.2. The van der Waals surface area contributed by atoms with Crippen molar-refractivity contribution < 1.29 is 23.8 Å². The highest BCUT2D eigenvalue weighted by molar-refractivity contribution is 6.37. The maximum atomic E-state index is 12.2. The van der Waals surface area contributed by atoms with Crippen LogP contribution in [0.3, 0.4) is 0 Å². The average molecular weight is 427 g/mol. The summed E-state index contributed by atoms with van der Waals surface area (Å²) in [6.45, 7) is 5.74. The van der Waals surface area contributed by atoms with Gasteiger partial charge in [0.25, 0.3) is 5.91 Å². The first-order valence-corrected chi connectivity index (χ1v) is 9.30. The van der Waals surface area contributed by atoms with Gasteiger partial charge < -0.3 is 19.5 Å². The van der Waals surface area contributed by atoms with Crippen LogP contribution in [-0.4, -0.2) is 36.7 Å². The predicted molar refractivity (Wildman–Crippen MR) is 107 cm³/mol. The summed E-state index contributed by atoms with van der Waals surface area (Å²) < 4.78 is 16.0. The molecular weight excluding hydrogens is 407 g/mol. The number of nitrogens with one attached hydrogen (secondary N) is 1. The third kappa shape index (κ3) is 5.50. The van der Waals surface area contributed by atoms with Crippen LogP contribution in [0.5, 0.6) is 11.5 Å². The van der Waals surface area contributed by atoms with Crippen molar-refractivity contribution in [1.82, 2.24) is 4.98 Å². The van der Waals surface area contributed by atoms with Crippen molar-refractivity contribution in [2.75, 3.05) is 25.1 Å². The highest BCUT2D eigenvalue weighted by atomic mass is 35.5. The van der Waals surface area contributed by atoms with E-state index < -0.39 is 18.5 Å². The van der Waals surface area contributed by atoms with Gasteiger partial charge in [0.1, 0.15) is 0 Å². The van der Waals surface area contributed by atoms with Crippen LogP contribution < -0.4 is 14.8 Å². The summed E-state index contributed by atoms with van der Waals surface area (Å²) >= 11 is 12.0. The van der Waals surface area contributed by atoms with Crippen molar-refractivity contribution in [2.45, 2.75) is 20.8 Å². The van der Waals surface area contributed by atoms with Crippen LogP contribution in [0.1, 0.15) is 29.8 Å². The lowest BCUT2D eigenvalue weighted by Crippen LogP contribution is -2.21. The fourth-order valence-corrected chi connectivity index (χ4v) is 2.59. The predicted octanol–water partition coefficient (Wildman–Crippen LogP) is 4.29. The highest BCUT2D eigenvalue weighted by Gasteiger charge is 2.16. The van der Waals surface area contributed by atoms with E-state index in [1.807, 2.05) is 13.8 Å². The summed E-state index contributed by atoms with van der Waals surface area (Å²) in [5.74, 6) is -0.163. The molecule has 28 heavy (non-hydrogen) atoms. The molecule has 0 aliphatic heterocycles. The Hall–Kier alpha value is -2.51. The van der Waals surface area contributed by atoms with Crippen LogP contribution >= 0.6 is 23.2 Å². The normalized spacial score (nSPS) is 10.3. The van der Waals surface area contributed by atoms with Crippen molar-refractivity contribution in [3.05, 3.63) is 45.6 Å². The molecule has 0 unspecified atom stereocenters. The van der Waals surface area contributed by atoms with Gasteiger partial charge in [-0.05, 0) is 44.5 Å². The van der Waals surface area contributed by atoms with Gasteiger partial charge in [-0.2, -0.15) is 0 Å². The van der Waals surface area contributed by atoms with Crippen LogP contribution in [0.25, 0.3) is 0 Å². The minimum absolute atomic E-state index is 0.143. The average Bonchev–Trinajstić information content (AvgIpc) is 2.68. The van der Waals surface area contributed by atoms with Gasteiger partial charge in [-0.15, -0.1) is 0 Å². The summed E-state index contributed by atoms with van der Waals surface area (Å²) in [5.41, 5.74) is 0.821. The van der Waals surface area contributed by atoms with Gasteiger partial charge in [-0.25, -0.2) is 9.78 Å². The summed E-state index contributed by atoms with van der Waals surface area (Å²) in [6, 6.07) is 4.66. The quantitative estimate of drug-likeness (QED) is 0.633. The van der Waals surface area contributed by atoms with Crippen molar-refractivity contribution in [2.24, 2.45) is 0 Å². The number of carbonyl (C=O) groups is 2. The van der Waals surface area contributed by atoms with E-state index in [1.165, 1.54) is 18.3 Å². The number of benzene rings is 1. The van der Waals surface area contributed by atoms with Gasteiger partial charge in [0, 0.05) is 6.20 Å². The van der Waals surface area contributed by atoms with E-state index in [2.05, 4.69) is 10.3 Å². The van der Waals surface area contributed by atoms with Gasteiger partial charge in [-0.3, -0.25) is 4.79 Å². The van der Waals surface area contributed by atoms with Gasteiger partial charge in [0.05, 0.1) is 28.8 Å². The number of hydrogen-bond acceptors (Lipinski definition) is 6. The Balaban J connectivity index is 2.00. The number of esters is 1. The number of aromatic nitrogens is 1. The number of amides is 1. The lowest BCUT2D eigenvalue weighted by molar-refractivity contribution is -0.119.